The summed E-state index contributed by atoms with van der Waals surface area (Å²) in [6.07, 6.45) is 1.82. The van der Waals surface area contributed by atoms with Gasteiger partial charge < -0.3 is 9.84 Å². The van der Waals surface area contributed by atoms with Gasteiger partial charge in [-0.25, -0.2) is 0 Å². The summed E-state index contributed by atoms with van der Waals surface area (Å²) >= 11 is 1.77. The van der Waals surface area contributed by atoms with Crippen LogP contribution < -0.4 is 0 Å². The van der Waals surface area contributed by atoms with E-state index in [2.05, 4.69) is 22.4 Å². The second kappa shape index (κ2) is 7.99. The maximum Gasteiger partial charge on any atom is 0.124 e. The molecule has 1 fully saturated rings. The van der Waals surface area contributed by atoms with Crippen molar-refractivity contribution in [3.05, 3.63) is 64.4 Å². The first kappa shape index (κ1) is 17.2. The fourth-order valence-corrected chi connectivity index (χ4v) is 4.27. The highest BCUT2D eigenvalue weighted by Gasteiger charge is 2.22. The lowest BCUT2D eigenvalue weighted by molar-refractivity contribution is 0.0187. The Labute approximate surface area is 157 Å². The summed E-state index contributed by atoms with van der Waals surface area (Å²) in [5.74, 6) is 0.270. The summed E-state index contributed by atoms with van der Waals surface area (Å²) in [5, 5.41) is 14.5. The number of hydrogen-bond donors (Lipinski definition) is 1. The molecule has 0 unspecified atom stereocenters. The minimum absolute atomic E-state index is 0.257. The van der Waals surface area contributed by atoms with Crippen LogP contribution in [-0.2, 0) is 4.74 Å². The highest BCUT2D eigenvalue weighted by Crippen LogP contribution is 2.28. The van der Waals surface area contributed by atoms with Gasteiger partial charge in [0.05, 0.1) is 25.8 Å². The fourth-order valence-electron chi connectivity index (χ4n) is 3.42. The third-order valence-corrected chi connectivity index (χ3v) is 5.78. The van der Waals surface area contributed by atoms with Crippen LogP contribution in [0.5, 0.6) is 5.75 Å². The molecule has 4 rings (SSSR count). The zero-order valence-corrected chi connectivity index (χ0v) is 15.4. The molecule has 2 heterocycles. The Balaban J connectivity index is 1.59. The Hall–Kier alpha value is -2.21. The monoisotopic (exact) mass is 366 g/mol. The number of benzene rings is 2. The Morgan fingerprint density at radius 2 is 1.96 bits per heavy atom. The van der Waals surface area contributed by atoms with E-state index >= 15 is 0 Å². The van der Waals surface area contributed by atoms with Gasteiger partial charge in [-0.2, -0.15) is 0 Å². The number of morpholine rings is 1. The number of fused-ring (bicyclic) bond motifs is 1. The van der Waals surface area contributed by atoms with E-state index in [0.29, 0.717) is 6.54 Å². The average Bonchev–Trinajstić information content (AvgIpc) is 3.22. The van der Waals surface area contributed by atoms with Crippen LogP contribution in [-0.4, -0.2) is 49.1 Å². The number of phenols is 1. The highest BCUT2D eigenvalue weighted by molar-refractivity contribution is 7.10. The second-order valence-corrected chi connectivity index (χ2v) is 7.37. The van der Waals surface area contributed by atoms with Crippen molar-refractivity contribution in [3.63, 3.8) is 0 Å². The van der Waals surface area contributed by atoms with Crippen molar-refractivity contribution < 1.29 is 9.84 Å². The summed E-state index contributed by atoms with van der Waals surface area (Å²) in [6.45, 7) is 4.07. The highest BCUT2D eigenvalue weighted by atomic mass is 32.1. The van der Waals surface area contributed by atoms with Gasteiger partial charge >= 0.3 is 0 Å². The number of aromatic hydroxyl groups is 1. The van der Waals surface area contributed by atoms with Gasteiger partial charge in [-0.1, -0.05) is 36.4 Å². The van der Waals surface area contributed by atoms with E-state index in [9.17, 15) is 5.11 Å². The van der Waals surface area contributed by atoms with Crippen molar-refractivity contribution in [2.24, 2.45) is 4.99 Å². The molecule has 1 atom stereocenters. The van der Waals surface area contributed by atoms with Crippen LogP contribution in [0.4, 0.5) is 0 Å². The van der Waals surface area contributed by atoms with Crippen molar-refractivity contribution >= 4 is 28.3 Å². The molecule has 2 aromatic carbocycles. The number of rotatable bonds is 5. The van der Waals surface area contributed by atoms with Crippen LogP contribution in [0.1, 0.15) is 16.5 Å². The number of nitrogens with zero attached hydrogens (tertiary/aromatic N) is 2. The molecule has 3 aromatic rings. The third-order valence-electron chi connectivity index (χ3n) is 4.80. The summed E-state index contributed by atoms with van der Waals surface area (Å²) in [6, 6.07) is 16.3. The zero-order chi connectivity index (χ0) is 17.8. The Morgan fingerprint density at radius 1 is 1.12 bits per heavy atom. The zero-order valence-electron chi connectivity index (χ0n) is 14.5. The van der Waals surface area contributed by atoms with Gasteiger partial charge in [0.25, 0.3) is 0 Å². The Bertz CT molecular complexity index is 886. The summed E-state index contributed by atoms with van der Waals surface area (Å²) < 4.78 is 5.50. The van der Waals surface area contributed by atoms with E-state index in [1.807, 2.05) is 36.5 Å². The van der Waals surface area contributed by atoms with Gasteiger partial charge in [0, 0.05) is 29.7 Å². The second-order valence-electron chi connectivity index (χ2n) is 6.39. The topological polar surface area (TPSA) is 45.1 Å². The SMILES string of the molecule is Oc1ccc2ccccc2c1C=NC[C@H](c1cccs1)N1CCOCC1. The molecule has 0 amide bonds. The van der Waals surface area contributed by atoms with Gasteiger partial charge in [0.2, 0.25) is 0 Å². The number of ether oxygens (including phenoxy) is 1. The van der Waals surface area contributed by atoms with Crippen molar-refractivity contribution in [1.29, 1.82) is 0 Å². The quantitative estimate of drug-likeness (QED) is 0.692. The third kappa shape index (κ3) is 3.65. The molecule has 26 heavy (non-hydrogen) atoms. The molecule has 1 saturated heterocycles. The van der Waals surface area contributed by atoms with Gasteiger partial charge in [-0.05, 0) is 28.3 Å². The van der Waals surface area contributed by atoms with Crippen molar-refractivity contribution in [1.82, 2.24) is 4.90 Å². The van der Waals surface area contributed by atoms with Crippen LogP contribution in [0, 0.1) is 0 Å². The van der Waals surface area contributed by atoms with Crippen LogP contribution >= 0.6 is 11.3 Å². The lowest BCUT2D eigenvalue weighted by Crippen LogP contribution is -2.39. The minimum Gasteiger partial charge on any atom is -0.507 e. The molecule has 1 N–H and O–H groups in total. The van der Waals surface area contributed by atoms with E-state index in [0.717, 1.165) is 42.6 Å². The van der Waals surface area contributed by atoms with E-state index in [4.69, 9.17) is 9.73 Å². The number of phenolic OH excluding ortho intramolecular Hbond substituents is 1. The smallest absolute Gasteiger partial charge is 0.124 e. The van der Waals surface area contributed by atoms with E-state index in [-0.39, 0.29) is 11.8 Å². The van der Waals surface area contributed by atoms with Gasteiger partial charge in [0.15, 0.2) is 0 Å². The first-order valence-electron chi connectivity index (χ1n) is 8.88. The molecular formula is C21H22N2O2S. The maximum atomic E-state index is 10.3. The van der Waals surface area contributed by atoms with Crippen LogP contribution in [0.15, 0.2) is 58.9 Å². The Morgan fingerprint density at radius 3 is 2.77 bits per heavy atom. The molecule has 0 spiro atoms. The first-order valence-corrected chi connectivity index (χ1v) is 9.76. The maximum absolute atomic E-state index is 10.3. The molecule has 1 aromatic heterocycles. The standard InChI is InChI=1S/C21H22N2O2S/c24-20-8-7-16-4-1-2-5-17(16)18(20)14-22-15-19(21-6-3-13-26-21)23-9-11-25-12-10-23/h1-8,13-14,19,24H,9-12,15H2/t19-/m1/s1. The van der Waals surface area contributed by atoms with Crippen LogP contribution in [0.25, 0.3) is 10.8 Å². The van der Waals surface area contributed by atoms with Gasteiger partial charge in [-0.3, -0.25) is 9.89 Å². The van der Waals surface area contributed by atoms with Crippen molar-refractivity contribution in [3.8, 4) is 5.75 Å². The molecule has 4 nitrogen and oxygen atoms in total. The average molecular weight is 366 g/mol. The Kier molecular flexibility index (Phi) is 5.29. The van der Waals surface area contributed by atoms with Crippen LogP contribution in [0.3, 0.4) is 0 Å². The lowest BCUT2D eigenvalue weighted by atomic mass is 10.0. The number of thiophene rings is 1. The molecule has 5 heteroatoms. The number of hydrogen-bond acceptors (Lipinski definition) is 5. The summed E-state index contributed by atoms with van der Waals surface area (Å²) in [7, 11) is 0. The molecule has 134 valence electrons. The van der Waals surface area contributed by atoms with Gasteiger partial charge in [0.1, 0.15) is 5.75 Å². The minimum atomic E-state index is 0.257. The molecule has 0 radical (unpaired) electrons. The molecule has 1 aliphatic heterocycles. The number of aliphatic imine (C=N–C) groups is 1. The summed E-state index contributed by atoms with van der Waals surface area (Å²) in [4.78, 5) is 8.49. The predicted molar refractivity (Wildman–Crippen MR) is 108 cm³/mol. The molecule has 0 aliphatic carbocycles. The fraction of sp³-hybridized carbons (Fsp3) is 0.286. The summed E-state index contributed by atoms with van der Waals surface area (Å²) in [5.41, 5.74) is 0.787. The van der Waals surface area contributed by atoms with Gasteiger partial charge in [-0.15, -0.1) is 11.3 Å². The lowest BCUT2D eigenvalue weighted by Gasteiger charge is -2.33. The molecule has 0 saturated carbocycles. The first-order chi connectivity index (χ1) is 12.8. The largest absolute Gasteiger partial charge is 0.507 e. The van der Waals surface area contributed by atoms with Crippen LogP contribution in [0.2, 0.25) is 0 Å². The normalized spacial score (nSPS) is 17.1. The van der Waals surface area contributed by atoms with Crippen molar-refractivity contribution in [2.45, 2.75) is 6.04 Å². The molecule has 0 bridgehead atoms. The van der Waals surface area contributed by atoms with E-state index in [1.54, 1.807) is 17.4 Å². The van der Waals surface area contributed by atoms with Crippen molar-refractivity contribution in [2.75, 3.05) is 32.8 Å². The molecule has 1 aliphatic rings. The van der Waals surface area contributed by atoms with E-state index < -0.39 is 0 Å². The predicted octanol–water partition coefficient (Wildman–Crippen LogP) is 4.10. The molecular weight excluding hydrogens is 344 g/mol. The van der Waals surface area contributed by atoms with E-state index in [1.165, 1.54) is 4.88 Å².